The van der Waals surface area contributed by atoms with E-state index in [4.69, 9.17) is 4.52 Å². The van der Waals surface area contributed by atoms with E-state index in [0.29, 0.717) is 23.0 Å². The van der Waals surface area contributed by atoms with E-state index < -0.39 is 0 Å². The summed E-state index contributed by atoms with van der Waals surface area (Å²) in [6.45, 7) is 4.98. The van der Waals surface area contributed by atoms with Gasteiger partial charge in [-0.15, -0.1) is 0 Å². The summed E-state index contributed by atoms with van der Waals surface area (Å²) in [5, 5.41) is 7.85. The Morgan fingerprint density at radius 2 is 2.05 bits per heavy atom. The second-order valence-electron chi connectivity index (χ2n) is 5.20. The van der Waals surface area contributed by atoms with Crippen molar-refractivity contribution in [3.05, 3.63) is 30.0 Å². The van der Waals surface area contributed by atoms with Crippen molar-refractivity contribution >= 4 is 32.8 Å². The molecule has 1 aromatic heterocycles. The quantitative estimate of drug-likeness (QED) is 0.773. The number of nitrogens with zero attached hydrogens (tertiary/aromatic N) is 1. The molecule has 0 spiro atoms. The number of amides is 1. The molecular formula is C16H21BrN2O2. The Kier molecular flexibility index (Phi) is 5.79. The van der Waals surface area contributed by atoms with Crippen LogP contribution < -0.4 is 5.32 Å². The van der Waals surface area contributed by atoms with E-state index in [0.717, 1.165) is 23.8 Å². The van der Waals surface area contributed by atoms with Gasteiger partial charge in [-0.2, -0.15) is 0 Å². The third kappa shape index (κ3) is 4.06. The van der Waals surface area contributed by atoms with Crippen LogP contribution in [0, 0.1) is 5.92 Å². The second kappa shape index (κ2) is 7.59. The van der Waals surface area contributed by atoms with Crippen LogP contribution >= 0.6 is 15.9 Å². The summed E-state index contributed by atoms with van der Waals surface area (Å²) < 4.78 is 5.21. The monoisotopic (exact) mass is 352 g/mol. The van der Waals surface area contributed by atoms with Gasteiger partial charge in [0.15, 0.2) is 5.58 Å². The first kappa shape index (κ1) is 16.0. The highest BCUT2D eigenvalue weighted by Crippen LogP contribution is 2.20. The Morgan fingerprint density at radius 3 is 2.76 bits per heavy atom. The number of carbonyl (C=O) groups excluding carboxylic acids is 1. The minimum Gasteiger partial charge on any atom is -0.356 e. The number of benzene rings is 1. The van der Waals surface area contributed by atoms with Crippen LogP contribution in [0.2, 0.25) is 0 Å². The molecule has 0 fully saturated rings. The van der Waals surface area contributed by atoms with Gasteiger partial charge in [0, 0.05) is 16.8 Å². The van der Waals surface area contributed by atoms with Crippen LogP contribution in [-0.2, 0) is 11.2 Å². The molecule has 1 atom stereocenters. The number of carbonyl (C=O) groups is 1. The summed E-state index contributed by atoms with van der Waals surface area (Å²) in [5.74, 6) is 0.558. The zero-order valence-electron chi connectivity index (χ0n) is 12.4. The summed E-state index contributed by atoms with van der Waals surface area (Å²) in [4.78, 5) is 12.4. The number of nitrogens with one attached hydrogen (secondary N) is 1. The molecule has 1 unspecified atom stereocenters. The number of fused-ring (bicyclic) bond motifs is 1. The van der Waals surface area contributed by atoms with Gasteiger partial charge in [-0.3, -0.25) is 4.79 Å². The zero-order valence-corrected chi connectivity index (χ0v) is 14.0. The number of alkyl halides is 1. The van der Waals surface area contributed by atoms with Crippen molar-refractivity contribution in [2.45, 2.75) is 37.9 Å². The first-order valence-electron chi connectivity index (χ1n) is 7.39. The van der Waals surface area contributed by atoms with Crippen LogP contribution in [0.3, 0.4) is 0 Å². The second-order valence-corrected chi connectivity index (χ2v) is 6.37. The molecule has 114 valence electrons. The average molecular weight is 353 g/mol. The van der Waals surface area contributed by atoms with E-state index >= 15 is 0 Å². The summed E-state index contributed by atoms with van der Waals surface area (Å²) in [5.41, 5.74) is 1.41. The Morgan fingerprint density at radius 1 is 1.33 bits per heavy atom. The summed E-state index contributed by atoms with van der Waals surface area (Å²) in [6, 6.07) is 7.59. The first-order chi connectivity index (χ1) is 10.2. The molecule has 2 aromatic rings. The summed E-state index contributed by atoms with van der Waals surface area (Å²) in [6.07, 6.45) is 2.46. The van der Waals surface area contributed by atoms with Gasteiger partial charge >= 0.3 is 0 Å². The van der Waals surface area contributed by atoms with E-state index in [1.165, 1.54) is 0 Å². The van der Waals surface area contributed by atoms with Crippen LogP contribution in [-0.4, -0.2) is 22.4 Å². The minimum atomic E-state index is -0.0236. The maximum absolute atomic E-state index is 12.0. The van der Waals surface area contributed by atoms with E-state index in [2.05, 4.69) is 40.3 Å². The lowest BCUT2D eigenvalue weighted by molar-refractivity contribution is -0.120. The number of hydrogen-bond donors (Lipinski definition) is 1. The molecule has 21 heavy (non-hydrogen) atoms. The molecule has 0 aliphatic carbocycles. The van der Waals surface area contributed by atoms with Gasteiger partial charge in [0.2, 0.25) is 5.91 Å². The Bertz CT molecular complexity index is 593. The molecular weight excluding hydrogens is 332 g/mol. The first-order valence-corrected chi connectivity index (χ1v) is 8.31. The highest BCUT2D eigenvalue weighted by atomic mass is 79.9. The Balaban J connectivity index is 1.90. The van der Waals surface area contributed by atoms with Gasteiger partial charge in [-0.05, 0) is 18.1 Å². The molecule has 0 bridgehead atoms. The van der Waals surface area contributed by atoms with Crippen molar-refractivity contribution in [2.24, 2.45) is 5.92 Å². The van der Waals surface area contributed by atoms with E-state index in [9.17, 15) is 4.79 Å². The van der Waals surface area contributed by atoms with Gasteiger partial charge in [0.25, 0.3) is 0 Å². The lowest BCUT2D eigenvalue weighted by Gasteiger charge is -2.19. The summed E-state index contributed by atoms with van der Waals surface area (Å²) >= 11 is 3.66. The fourth-order valence-corrected chi connectivity index (χ4v) is 3.37. The fourth-order valence-electron chi connectivity index (χ4n) is 2.46. The Labute approximate surface area is 133 Å². The maximum Gasteiger partial charge on any atom is 0.226 e. The lowest BCUT2D eigenvalue weighted by Crippen LogP contribution is -2.33. The van der Waals surface area contributed by atoms with Crippen molar-refractivity contribution in [3.63, 3.8) is 0 Å². The summed E-state index contributed by atoms with van der Waals surface area (Å²) in [7, 11) is 0. The molecule has 0 aliphatic rings. The molecule has 1 amide bonds. The molecule has 0 radical (unpaired) electrons. The number of halogens is 1. The standard InChI is InChI=1S/C16H21BrN2O2/c1-3-11(4-2)13(17)10-18-16(20)9-14-12-7-5-6-8-15(12)21-19-14/h5-8,11,13H,3-4,9-10H2,1-2H3,(H,18,20). The SMILES string of the molecule is CCC(CC)C(Br)CNC(=O)Cc1noc2ccccc12. The van der Waals surface area contributed by atoms with Gasteiger partial charge < -0.3 is 9.84 Å². The van der Waals surface area contributed by atoms with Crippen LogP contribution in [0.15, 0.2) is 28.8 Å². The number of aromatic nitrogens is 1. The largest absolute Gasteiger partial charge is 0.356 e. The molecule has 1 N–H and O–H groups in total. The van der Waals surface area contributed by atoms with Crippen molar-refractivity contribution < 1.29 is 9.32 Å². The Hall–Kier alpha value is -1.36. The molecule has 0 aliphatic heterocycles. The van der Waals surface area contributed by atoms with Crippen LogP contribution in [0.5, 0.6) is 0 Å². The molecule has 0 saturated heterocycles. The highest BCUT2D eigenvalue weighted by Gasteiger charge is 2.17. The van der Waals surface area contributed by atoms with Crippen LogP contribution in [0.25, 0.3) is 11.0 Å². The lowest BCUT2D eigenvalue weighted by atomic mass is 9.99. The predicted octanol–water partition coefficient (Wildman–Crippen LogP) is 3.69. The van der Waals surface area contributed by atoms with Gasteiger partial charge in [-0.25, -0.2) is 0 Å². The van der Waals surface area contributed by atoms with Gasteiger partial charge in [-0.1, -0.05) is 59.9 Å². The van der Waals surface area contributed by atoms with Crippen molar-refractivity contribution in [2.75, 3.05) is 6.54 Å². The van der Waals surface area contributed by atoms with Crippen LogP contribution in [0.4, 0.5) is 0 Å². The molecule has 0 saturated carbocycles. The molecule has 5 heteroatoms. The minimum absolute atomic E-state index is 0.0236. The molecule has 1 heterocycles. The number of para-hydroxylation sites is 1. The molecule has 1 aromatic carbocycles. The van der Waals surface area contributed by atoms with E-state index in [1.54, 1.807) is 0 Å². The van der Waals surface area contributed by atoms with Crippen molar-refractivity contribution in [3.8, 4) is 0 Å². The number of hydrogen-bond acceptors (Lipinski definition) is 3. The van der Waals surface area contributed by atoms with Gasteiger partial charge in [0.1, 0.15) is 5.69 Å². The predicted molar refractivity (Wildman–Crippen MR) is 87.5 cm³/mol. The van der Waals surface area contributed by atoms with Gasteiger partial charge in [0.05, 0.1) is 6.42 Å². The topological polar surface area (TPSA) is 55.1 Å². The van der Waals surface area contributed by atoms with E-state index in [1.807, 2.05) is 24.3 Å². The number of rotatable bonds is 7. The third-order valence-corrected chi connectivity index (χ3v) is 4.91. The molecule has 4 nitrogen and oxygen atoms in total. The maximum atomic E-state index is 12.0. The highest BCUT2D eigenvalue weighted by molar-refractivity contribution is 9.09. The molecule has 2 rings (SSSR count). The van der Waals surface area contributed by atoms with Crippen molar-refractivity contribution in [1.82, 2.24) is 10.5 Å². The third-order valence-electron chi connectivity index (χ3n) is 3.83. The fraction of sp³-hybridized carbons (Fsp3) is 0.500. The average Bonchev–Trinajstić information content (AvgIpc) is 2.90. The zero-order chi connectivity index (χ0) is 15.2. The normalized spacial score (nSPS) is 12.8. The van der Waals surface area contributed by atoms with Crippen LogP contribution in [0.1, 0.15) is 32.4 Å². The van der Waals surface area contributed by atoms with E-state index in [-0.39, 0.29) is 12.3 Å². The van der Waals surface area contributed by atoms with Crippen molar-refractivity contribution in [1.29, 1.82) is 0 Å². The smallest absolute Gasteiger partial charge is 0.226 e.